The fourth-order valence-electron chi connectivity index (χ4n) is 2.96. The van der Waals surface area contributed by atoms with Crippen LogP contribution < -0.4 is 5.43 Å². The molecule has 1 atom stereocenters. The summed E-state index contributed by atoms with van der Waals surface area (Å²) in [7, 11) is 0. The third-order valence-corrected chi connectivity index (χ3v) is 4.01. The van der Waals surface area contributed by atoms with Crippen LogP contribution in [-0.2, 0) is 0 Å². The van der Waals surface area contributed by atoms with Crippen molar-refractivity contribution in [3.05, 3.63) is 35.6 Å². The van der Waals surface area contributed by atoms with E-state index in [4.69, 9.17) is 4.42 Å². The van der Waals surface area contributed by atoms with E-state index in [1.54, 1.807) is 0 Å². The van der Waals surface area contributed by atoms with Crippen LogP contribution in [-0.4, -0.2) is 18.1 Å². The molecule has 2 heterocycles. The van der Waals surface area contributed by atoms with E-state index in [9.17, 15) is 0 Å². The summed E-state index contributed by atoms with van der Waals surface area (Å²) in [5.41, 5.74) is 5.82. The zero-order valence-corrected chi connectivity index (χ0v) is 11.8. The predicted octanol–water partition coefficient (Wildman–Crippen LogP) is 3.79. The first-order valence-electron chi connectivity index (χ1n) is 7.25. The van der Waals surface area contributed by atoms with E-state index in [1.807, 2.05) is 12.1 Å². The number of rotatable bonds is 3. The van der Waals surface area contributed by atoms with Crippen LogP contribution in [0.5, 0.6) is 0 Å². The van der Waals surface area contributed by atoms with E-state index in [-0.39, 0.29) is 6.04 Å². The van der Waals surface area contributed by atoms with Crippen LogP contribution in [0.1, 0.15) is 43.6 Å². The van der Waals surface area contributed by atoms with Crippen LogP contribution in [0.4, 0.5) is 0 Å². The maximum atomic E-state index is 6.01. The Morgan fingerprint density at radius 3 is 2.63 bits per heavy atom. The number of hydrogen-bond acceptors (Lipinski definition) is 3. The molecule has 1 unspecified atom stereocenters. The van der Waals surface area contributed by atoms with Gasteiger partial charge in [-0.25, -0.2) is 10.4 Å². The summed E-state index contributed by atoms with van der Waals surface area (Å²) in [5.74, 6) is 1.06. The molecule has 0 bridgehead atoms. The molecule has 0 amide bonds. The molecule has 1 aromatic carbocycles. The van der Waals surface area contributed by atoms with Crippen LogP contribution in [0.2, 0.25) is 0 Å². The summed E-state index contributed by atoms with van der Waals surface area (Å²) in [6.07, 6.45) is 3.94. The fourth-order valence-corrected chi connectivity index (χ4v) is 2.96. The maximum Gasteiger partial charge on any atom is 0.134 e. The lowest BCUT2D eigenvalue weighted by molar-refractivity contribution is 0.126. The second-order valence-electron chi connectivity index (χ2n) is 5.49. The first-order valence-corrected chi connectivity index (χ1v) is 7.25. The van der Waals surface area contributed by atoms with E-state index in [0.29, 0.717) is 0 Å². The highest BCUT2D eigenvalue weighted by molar-refractivity contribution is 5.82. The van der Waals surface area contributed by atoms with Crippen molar-refractivity contribution in [1.82, 2.24) is 10.4 Å². The highest BCUT2D eigenvalue weighted by Gasteiger charge is 2.19. The van der Waals surface area contributed by atoms with Crippen molar-refractivity contribution < 1.29 is 4.42 Å². The fraction of sp³-hybridized carbons (Fsp3) is 0.500. The van der Waals surface area contributed by atoms with Crippen LogP contribution >= 0.6 is 0 Å². The molecule has 0 spiro atoms. The van der Waals surface area contributed by atoms with Crippen molar-refractivity contribution in [2.45, 2.75) is 39.2 Å². The van der Waals surface area contributed by atoms with Crippen molar-refractivity contribution in [1.29, 1.82) is 0 Å². The Kier molecular flexibility index (Phi) is 3.58. The molecule has 1 aliphatic rings. The number of furan rings is 1. The number of nitrogens with zero attached hydrogens (tertiary/aromatic N) is 1. The second kappa shape index (κ2) is 5.35. The number of fused-ring (bicyclic) bond motifs is 1. The van der Waals surface area contributed by atoms with E-state index < -0.39 is 0 Å². The number of benzene rings is 1. The Morgan fingerprint density at radius 1 is 1.16 bits per heavy atom. The van der Waals surface area contributed by atoms with Gasteiger partial charge in [-0.05, 0) is 32.8 Å². The van der Waals surface area contributed by atoms with E-state index in [0.717, 1.165) is 24.4 Å². The van der Waals surface area contributed by atoms with Gasteiger partial charge in [-0.1, -0.05) is 24.6 Å². The van der Waals surface area contributed by atoms with Gasteiger partial charge in [0.05, 0.1) is 6.04 Å². The third-order valence-electron chi connectivity index (χ3n) is 4.01. The normalized spacial score (nSPS) is 18.8. The average Bonchev–Trinajstić information content (AvgIpc) is 2.78. The second-order valence-corrected chi connectivity index (χ2v) is 5.49. The number of hydrogen-bond donors (Lipinski definition) is 1. The lowest BCUT2D eigenvalue weighted by Gasteiger charge is -2.29. The average molecular weight is 258 g/mol. The largest absolute Gasteiger partial charge is 0.459 e. The molecule has 1 N–H and O–H groups in total. The van der Waals surface area contributed by atoms with Gasteiger partial charge in [0, 0.05) is 24.0 Å². The van der Waals surface area contributed by atoms with Gasteiger partial charge in [0.2, 0.25) is 0 Å². The molecule has 1 fully saturated rings. The zero-order valence-electron chi connectivity index (χ0n) is 11.8. The van der Waals surface area contributed by atoms with Crippen molar-refractivity contribution >= 4 is 11.0 Å². The maximum absolute atomic E-state index is 6.01. The molecular weight excluding hydrogens is 236 g/mol. The quantitative estimate of drug-likeness (QED) is 0.908. The minimum Gasteiger partial charge on any atom is -0.459 e. The summed E-state index contributed by atoms with van der Waals surface area (Å²) >= 11 is 0. The lowest BCUT2D eigenvalue weighted by atomic mass is 10.1. The Labute approximate surface area is 114 Å². The molecule has 3 rings (SSSR count). The molecule has 2 aromatic rings. The first kappa shape index (κ1) is 12.7. The highest BCUT2D eigenvalue weighted by atomic mass is 16.3. The number of para-hydroxylation sites is 1. The zero-order chi connectivity index (χ0) is 13.2. The summed E-state index contributed by atoms with van der Waals surface area (Å²) < 4.78 is 6.01. The van der Waals surface area contributed by atoms with Gasteiger partial charge in [-0.2, -0.15) is 0 Å². The molecule has 1 aromatic heterocycles. The minimum atomic E-state index is 0.227. The molecule has 102 valence electrons. The molecule has 3 heteroatoms. The van der Waals surface area contributed by atoms with E-state index in [1.165, 1.54) is 30.2 Å². The Bertz CT molecular complexity index is 555. The van der Waals surface area contributed by atoms with Gasteiger partial charge in [-0.15, -0.1) is 0 Å². The smallest absolute Gasteiger partial charge is 0.134 e. The van der Waals surface area contributed by atoms with Crippen LogP contribution in [0.3, 0.4) is 0 Å². The first-order chi connectivity index (χ1) is 9.25. The van der Waals surface area contributed by atoms with Crippen molar-refractivity contribution in [3.8, 4) is 0 Å². The molecule has 19 heavy (non-hydrogen) atoms. The molecule has 0 radical (unpaired) electrons. The summed E-state index contributed by atoms with van der Waals surface area (Å²) in [6, 6.07) is 8.49. The van der Waals surface area contributed by atoms with Gasteiger partial charge < -0.3 is 4.42 Å². The van der Waals surface area contributed by atoms with Gasteiger partial charge in [0.25, 0.3) is 0 Å². The molecule has 3 nitrogen and oxygen atoms in total. The van der Waals surface area contributed by atoms with Crippen molar-refractivity contribution in [2.24, 2.45) is 0 Å². The predicted molar refractivity (Wildman–Crippen MR) is 77.9 cm³/mol. The summed E-state index contributed by atoms with van der Waals surface area (Å²) in [5, 5.41) is 3.56. The summed E-state index contributed by atoms with van der Waals surface area (Å²) in [4.78, 5) is 0. The number of hydrazine groups is 1. The van der Waals surface area contributed by atoms with Gasteiger partial charge in [-0.3, -0.25) is 0 Å². The molecular formula is C16H22N2O. The SMILES string of the molecule is Cc1c(C(C)NN2CCCCC2)oc2ccccc12. The van der Waals surface area contributed by atoms with Gasteiger partial charge in [0.15, 0.2) is 0 Å². The van der Waals surface area contributed by atoms with Crippen LogP contribution in [0.15, 0.2) is 28.7 Å². The van der Waals surface area contributed by atoms with Gasteiger partial charge >= 0.3 is 0 Å². The van der Waals surface area contributed by atoms with Crippen LogP contribution in [0.25, 0.3) is 11.0 Å². The topological polar surface area (TPSA) is 28.4 Å². The number of piperidine rings is 1. The summed E-state index contributed by atoms with van der Waals surface area (Å²) in [6.45, 7) is 6.61. The molecule has 1 aliphatic heterocycles. The highest BCUT2D eigenvalue weighted by Crippen LogP contribution is 2.29. The number of nitrogens with one attached hydrogen (secondary N) is 1. The van der Waals surface area contributed by atoms with E-state index in [2.05, 4.69) is 36.4 Å². The molecule has 0 aliphatic carbocycles. The monoisotopic (exact) mass is 258 g/mol. The van der Waals surface area contributed by atoms with Crippen molar-refractivity contribution in [3.63, 3.8) is 0 Å². The molecule has 0 saturated carbocycles. The molecule has 1 saturated heterocycles. The van der Waals surface area contributed by atoms with Gasteiger partial charge in [0.1, 0.15) is 11.3 Å². The van der Waals surface area contributed by atoms with E-state index >= 15 is 0 Å². The van der Waals surface area contributed by atoms with Crippen LogP contribution in [0, 0.1) is 6.92 Å². The standard InChI is InChI=1S/C16H22N2O/c1-12-14-8-4-5-9-15(14)19-16(12)13(2)17-18-10-6-3-7-11-18/h4-5,8-9,13,17H,3,6-7,10-11H2,1-2H3. The lowest BCUT2D eigenvalue weighted by Crippen LogP contribution is -2.42. The van der Waals surface area contributed by atoms with Crippen molar-refractivity contribution in [2.75, 3.05) is 13.1 Å². The number of aryl methyl sites for hydroxylation is 1. The third kappa shape index (κ3) is 2.53. The Morgan fingerprint density at radius 2 is 1.89 bits per heavy atom. The minimum absolute atomic E-state index is 0.227. The Balaban J connectivity index is 1.80. The Hall–Kier alpha value is -1.32.